The number of pyridine rings is 1. The van der Waals surface area contributed by atoms with Crippen LogP contribution in [0.2, 0.25) is 0 Å². The number of nitriles is 1. The highest BCUT2D eigenvalue weighted by molar-refractivity contribution is 5.55. The molecule has 19 heavy (non-hydrogen) atoms. The third-order valence-electron chi connectivity index (χ3n) is 4.54. The van der Waals surface area contributed by atoms with E-state index in [9.17, 15) is 5.26 Å². The molecule has 0 saturated heterocycles. The van der Waals surface area contributed by atoms with Crippen LogP contribution >= 0.6 is 0 Å². The van der Waals surface area contributed by atoms with Gasteiger partial charge in [0.25, 0.3) is 0 Å². The van der Waals surface area contributed by atoms with Gasteiger partial charge in [-0.05, 0) is 55.6 Å². The molecule has 1 heterocycles. The maximum absolute atomic E-state index is 9.27. The molecule has 1 saturated carbocycles. The van der Waals surface area contributed by atoms with Crippen LogP contribution in [0.3, 0.4) is 0 Å². The average molecular weight is 255 g/mol. The van der Waals surface area contributed by atoms with Crippen molar-refractivity contribution in [3.8, 4) is 6.07 Å². The Balaban J connectivity index is 1.76. The van der Waals surface area contributed by atoms with Gasteiger partial charge < -0.3 is 5.32 Å². The van der Waals surface area contributed by atoms with Crippen molar-refractivity contribution in [2.24, 2.45) is 5.41 Å². The summed E-state index contributed by atoms with van der Waals surface area (Å²) >= 11 is 0. The van der Waals surface area contributed by atoms with Gasteiger partial charge in [0.2, 0.25) is 0 Å². The van der Waals surface area contributed by atoms with Gasteiger partial charge in [-0.25, -0.2) is 4.98 Å². The summed E-state index contributed by atoms with van der Waals surface area (Å²) in [7, 11) is 0. The highest BCUT2D eigenvalue weighted by Gasteiger charge is 2.41. The van der Waals surface area contributed by atoms with E-state index in [4.69, 9.17) is 0 Å². The Kier molecular flexibility index (Phi) is 3.18. The zero-order chi connectivity index (χ0) is 13.3. The second-order valence-electron chi connectivity index (χ2n) is 6.06. The topological polar surface area (TPSA) is 48.7 Å². The van der Waals surface area contributed by atoms with Crippen LogP contribution in [0.15, 0.2) is 6.07 Å². The van der Waals surface area contributed by atoms with Gasteiger partial charge in [-0.3, -0.25) is 0 Å². The van der Waals surface area contributed by atoms with Crippen molar-refractivity contribution >= 4 is 5.82 Å². The molecule has 0 bridgehead atoms. The first-order valence-electron chi connectivity index (χ1n) is 7.43. The lowest BCUT2D eigenvalue weighted by molar-refractivity contribution is 0.485. The normalized spacial score (nSPS) is 18.7. The predicted molar refractivity (Wildman–Crippen MR) is 76.0 cm³/mol. The number of nitrogens with zero attached hydrogens (tertiary/aromatic N) is 2. The maximum atomic E-state index is 9.27. The molecule has 2 aliphatic carbocycles. The molecule has 1 aromatic rings. The SMILES string of the molecule is CCCC1(CNc2nc3c(cc2C#N)CCC3)CC1. The minimum atomic E-state index is 0.488. The zero-order valence-electron chi connectivity index (χ0n) is 11.6. The molecule has 0 aliphatic heterocycles. The molecule has 3 rings (SSSR count). The van der Waals surface area contributed by atoms with Gasteiger partial charge in [-0.15, -0.1) is 0 Å². The van der Waals surface area contributed by atoms with Gasteiger partial charge in [-0.2, -0.15) is 5.26 Å². The largest absolute Gasteiger partial charge is 0.368 e. The number of rotatable bonds is 5. The monoisotopic (exact) mass is 255 g/mol. The molecule has 0 aromatic carbocycles. The van der Waals surface area contributed by atoms with Crippen molar-refractivity contribution in [1.29, 1.82) is 5.26 Å². The van der Waals surface area contributed by atoms with Crippen LogP contribution in [0.4, 0.5) is 5.82 Å². The summed E-state index contributed by atoms with van der Waals surface area (Å²) in [6, 6.07) is 4.33. The van der Waals surface area contributed by atoms with Gasteiger partial charge in [0.05, 0.1) is 5.56 Å². The first-order chi connectivity index (χ1) is 9.26. The van der Waals surface area contributed by atoms with E-state index in [1.165, 1.54) is 43.4 Å². The van der Waals surface area contributed by atoms with E-state index >= 15 is 0 Å². The van der Waals surface area contributed by atoms with E-state index in [1.54, 1.807) is 0 Å². The standard InChI is InChI=1S/C16H21N3/c1-2-6-16(7-8-16)11-18-15-13(10-17)9-12-4-3-5-14(12)19-15/h9H,2-8,11H2,1H3,(H,18,19). The third-order valence-corrected chi connectivity index (χ3v) is 4.54. The Morgan fingerprint density at radius 3 is 2.95 bits per heavy atom. The molecular weight excluding hydrogens is 234 g/mol. The van der Waals surface area contributed by atoms with Crippen LogP contribution in [0, 0.1) is 16.7 Å². The number of nitrogens with one attached hydrogen (secondary N) is 1. The maximum Gasteiger partial charge on any atom is 0.144 e. The summed E-state index contributed by atoms with van der Waals surface area (Å²) in [6.07, 6.45) is 8.49. The van der Waals surface area contributed by atoms with Crippen LogP contribution in [-0.2, 0) is 12.8 Å². The molecule has 1 aromatic heterocycles. The van der Waals surface area contributed by atoms with Gasteiger partial charge in [0.1, 0.15) is 11.9 Å². The van der Waals surface area contributed by atoms with E-state index in [0.717, 1.165) is 25.2 Å². The summed E-state index contributed by atoms with van der Waals surface area (Å²) in [4.78, 5) is 4.68. The fourth-order valence-electron chi connectivity index (χ4n) is 3.19. The Morgan fingerprint density at radius 1 is 1.42 bits per heavy atom. The molecule has 100 valence electrons. The molecule has 0 radical (unpaired) electrons. The lowest BCUT2D eigenvalue weighted by atomic mass is 10.0. The Morgan fingerprint density at radius 2 is 2.26 bits per heavy atom. The van der Waals surface area contributed by atoms with Crippen molar-refractivity contribution < 1.29 is 0 Å². The Bertz CT molecular complexity index is 524. The van der Waals surface area contributed by atoms with Crippen molar-refractivity contribution in [3.63, 3.8) is 0 Å². The third kappa shape index (κ3) is 2.45. The molecule has 1 N–H and O–H groups in total. The molecule has 0 amide bonds. The van der Waals surface area contributed by atoms with Gasteiger partial charge in [-0.1, -0.05) is 13.3 Å². The summed E-state index contributed by atoms with van der Waals surface area (Å²) in [5, 5.41) is 12.7. The minimum absolute atomic E-state index is 0.488. The van der Waals surface area contributed by atoms with Crippen LogP contribution in [-0.4, -0.2) is 11.5 Å². The smallest absolute Gasteiger partial charge is 0.144 e. The molecule has 0 unspecified atom stereocenters. The van der Waals surface area contributed by atoms with Gasteiger partial charge in [0.15, 0.2) is 0 Å². The highest BCUT2D eigenvalue weighted by atomic mass is 15.0. The quantitative estimate of drug-likeness (QED) is 0.876. The summed E-state index contributed by atoms with van der Waals surface area (Å²) < 4.78 is 0. The Labute approximate surface area is 115 Å². The molecule has 2 aliphatic rings. The van der Waals surface area contributed by atoms with Crippen molar-refractivity contribution in [2.45, 2.75) is 51.9 Å². The number of fused-ring (bicyclic) bond motifs is 1. The van der Waals surface area contributed by atoms with Gasteiger partial charge >= 0.3 is 0 Å². The van der Waals surface area contributed by atoms with E-state index in [2.05, 4.69) is 23.3 Å². The summed E-state index contributed by atoms with van der Waals surface area (Å²) in [5.74, 6) is 0.811. The number of anilines is 1. The number of aromatic nitrogens is 1. The lowest BCUT2D eigenvalue weighted by Gasteiger charge is -2.16. The van der Waals surface area contributed by atoms with Crippen molar-refractivity contribution in [2.75, 3.05) is 11.9 Å². The van der Waals surface area contributed by atoms with E-state index in [0.29, 0.717) is 11.0 Å². The van der Waals surface area contributed by atoms with Crippen LogP contribution in [0.1, 0.15) is 55.8 Å². The van der Waals surface area contributed by atoms with Crippen LogP contribution in [0.25, 0.3) is 0 Å². The molecule has 0 spiro atoms. The Hall–Kier alpha value is -1.56. The molecule has 3 heteroatoms. The molecule has 0 atom stereocenters. The molecule has 3 nitrogen and oxygen atoms in total. The zero-order valence-corrected chi connectivity index (χ0v) is 11.6. The fraction of sp³-hybridized carbons (Fsp3) is 0.625. The predicted octanol–water partition coefficient (Wildman–Crippen LogP) is 3.43. The van der Waals surface area contributed by atoms with Crippen LogP contribution in [0.5, 0.6) is 0 Å². The van der Waals surface area contributed by atoms with Crippen molar-refractivity contribution in [1.82, 2.24) is 4.98 Å². The number of hydrogen-bond donors (Lipinski definition) is 1. The number of hydrogen-bond acceptors (Lipinski definition) is 3. The first-order valence-corrected chi connectivity index (χ1v) is 7.43. The average Bonchev–Trinajstić information content (AvgIpc) is 3.03. The summed E-state index contributed by atoms with van der Waals surface area (Å²) in [6.45, 7) is 3.22. The van der Waals surface area contributed by atoms with E-state index < -0.39 is 0 Å². The van der Waals surface area contributed by atoms with Crippen LogP contribution < -0.4 is 5.32 Å². The second-order valence-corrected chi connectivity index (χ2v) is 6.06. The lowest BCUT2D eigenvalue weighted by Crippen LogP contribution is -2.17. The molecular formula is C16H21N3. The minimum Gasteiger partial charge on any atom is -0.368 e. The number of aryl methyl sites for hydroxylation is 2. The highest BCUT2D eigenvalue weighted by Crippen LogP contribution is 2.49. The van der Waals surface area contributed by atoms with E-state index in [-0.39, 0.29) is 0 Å². The summed E-state index contributed by atoms with van der Waals surface area (Å²) in [5.41, 5.74) is 3.67. The second kappa shape index (κ2) is 4.85. The van der Waals surface area contributed by atoms with Crippen molar-refractivity contribution in [3.05, 3.63) is 22.9 Å². The molecule has 1 fully saturated rings. The van der Waals surface area contributed by atoms with E-state index in [1.807, 2.05) is 6.07 Å². The first kappa shape index (κ1) is 12.5. The fourth-order valence-corrected chi connectivity index (χ4v) is 3.19. The van der Waals surface area contributed by atoms with Gasteiger partial charge in [0, 0.05) is 12.2 Å².